The molecule has 0 radical (unpaired) electrons. The number of hydrogen-bond donors (Lipinski definition) is 1. The third-order valence-corrected chi connectivity index (χ3v) is 2.96. The first-order valence-corrected chi connectivity index (χ1v) is 6.15. The molecule has 2 aromatic carbocycles. The summed E-state index contributed by atoms with van der Waals surface area (Å²) in [6.45, 7) is 0. The first-order valence-electron chi connectivity index (χ1n) is 6.15. The summed E-state index contributed by atoms with van der Waals surface area (Å²) in [5, 5.41) is 10.7. The van der Waals surface area contributed by atoms with Gasteiger partial charge in [0.25, 0.3) is 0 Å². The van der Waals surface area contributed by atoms with Crippen LogP contribution in [0.25, 0.3) is 16.9 Å². The van der Waals surface area contributed by atoms with Gasteiger partial charge in [0.1, 0.15) is 0 Å². The van der Waals surface area contributed by atoms with Crippen LogP contribution in [0.5, 0.6) is 0 Å². The van der Waals surface area contributed by atoms with E-state index in [2.05, 4.69) is 15.6 Å². The van der Waals surface area contributed by atoms with E-state index in [1.54, 1.807) is 10.9 Å². The summed E-state index contributed by atoms with van der Waals surface area (Å²) in [7, 11) is 0. The Hall–Kier alpha value is -2.95. The minimum Gasteiger partial charge on any atom is -0.329 e. The van der Waals surface area contributed by atoms with Gasteiger partial charge in [-0.25, -0.2) is 4.68 Å². The number of benzene rings is 2. The zero-order valence-corrected chi connectivity index (χ0v) is 10.6. The highest BCUT2D eigenvalue weighted by molar-refractivity contribution is 5.71. The number of anilines is 1. The zero-order chi connectivity index (χ0) is 13.8. The number of aromatic nitrogens is 3. The van der Waals surface area contributed by atoms with E-state index in [0.717, 1.165) is 22.6 Å². The summed E-state index contributed by atoms with van der Waals surface area (Å²) < 4.78 is 1.76. The van der Waals surface area contributed by atoms with Crippen molar-refractivity contribution < 1.29 is 4.79 Å². The van der Waals surface area contributed by atoms with Gasteiger partial charge < -0.3 is 5.32 Å². The highest BCUT2D eigenvalue weighted by Crippen LogP contribution is 2.21. The van der Waals surface area contributed by atoms with Gasteiger partial charge in [-0.15, -0.1) is 5.10 Å². The Kier molecular flexibility index (Phi) is 3.24. The fourth-order valence-corrected chi connectivity index (χ4v) is 2.00. The molecule has 1 N–H and O–H groups in total. The lowest BCUT2D eigenvalue weighted by molar-refractivity contribution is -0.105. The summed E-state index contributed by atoms with van der Waals surface area (Å²) in [6, 6.07) is 17.3. The normalized spacial score (nSPS) is 10.2. The third kappa shape index (κ3) is 2.29. The van der Waals surface area contributed by atoms with E-state index >= 15 is 0 Å². The molecule has 1 amide bonds. The van der Waals surface area contributed by atoms with Crippen LogP contribution >= 0.6 is 0 Å². The summed E-state index contributed by atoms with van der Waals surface area (Å²) in [6.07, 6.45) is 2.38. The Morgan fingerprint density at radius 2 is 1.75 bits per heavy atom. The molecular weight excluding hydrogens is 252 g/mol. The van der Waals surface area contributed by atoms with E-state index in [1.165, 1.54) is 0 Å². The predicted molar refractivity (Wildman–Crippen MR) is 76.5 cm³/mol. The minimum absolute atomic E-state index is 0.653. The number of nitrogens with one attached hydrogen (secondary N) is 1. The van der Waals surface area contributed by atoms with Crippen LogP contribution < -0.4 is 5.32 Å². The summed E-state index contributed by atoms with van der Waals surface area (Å²) in [4.78, 5) is 10.4. The maximum Gasteiger partial charge on any atom is 0.211 e. The number of hydrogen-bond acceptors (Lipinski definition) is 3. The molecule has 0 bridgehead atoms. The Balaban J connectivity index is 1.99. The van der Waals surface area contributed by atoms with E-state index in [1.807, 2.05) is 54.6 Å². The standard InChI is InChI=1S/C15H12N4O/c20-11-16-13-6-8-14(9-7-13)19-15(10-17-18-19)12-4-2-1-3-5-12/h1-11H,(H,16,20). The van der Waals surface area contributed by atoms with Crippen molar-refractivity contribution in [1.29, 1.82) is 0 Å². The third-order valence-electron chi connectivity index (χ3n) is 2.96. The Bertz CT molecular complexity index is 704. The molecule has 0 fully saturated rings. The molecule has 3 rings (SSSR count). The van der Waals surface area contributed by atoms with Gasteiger partial charge in [0.15, 0.2) is 0 Å². The maximum atomic E-state index is 10.4. The number of carbonyl (C=O) groups excluding carboxylic acids is 1. The Morgan fingerprint density at radius 1 is 1.00 bits per heavy atom. The van der Waals surface area contributed by atoms with Gasteiger partial charge in [0.2, 0.25) is 6.41 Å². The lowest BCUT2D eigenvalue weighted by Gasteiger charge is -2.07. The van der Waals surface area contributed by atoms with Crippen LogP contribution in [0.15, 0.2) is 60.8 Å². The monoisotopic (exact) mass is 264 g/mol. The molecule has 1 aromatic heterocycles. The lowest BCUT2D eigenvalue weighted by atomic mass is 10.1. The average Bonchev–Trinajstić information content (AvgIpc) is 2.99. The quantitative estimate of drug-likeness (QED) is 0.736. The highest BCUT2D eigenvalue weighted by Gasteiger charge is 2.08. The Morgan fingerprint density at radius 3 is 2.45 bits per heavy atom. The van der Waals surface area contributed by atoms with E-state index < -0.39 is 0 Å². The molecule has 3 aromatic rings. The molecule has 0 saturated heterocycles. The van der Waals surface area contributed by atoms with E-state index in [4.69, 9.17) is 0 Å². The second-order valence-electron chi connectivity index (χ2n) is 4.21. The fraction of sp³-hybridized carbons (Fsp3) is 0. The number of carbonyl (C=O) groups is 1. The predicted octanol–water partition coefficient (Wildman–Crippen LogP) is 2.50. The molecular formula is C15H12N4O. The molecule has 1 heterocycles. The largest absolute Gasteiger partial charge is 0.329 e. The molecule has 0 saturated carbocycles. The van der Waals surface area contributed by atoms with Crippen molar-refractivity contribution in [2.45, 2.75) is 0 Å². The number of amides is 1. The van der Waals surface area contributed by atoms with Gasteiger partial charge in [0.05, 0.1) is 17.6 Å². The van der Waals surface area contributed by atoms with Crippen molar-refractivity contribution in [2.75, 3.05) is 5.32 Å². The highest BCUT2D eigenvalue weighted by atomic mass is 16.1. The van der Waals surface area contributed by atoms with Crippen LogP contribution in [0.2, 0.25) is 0 Å². The van der Waals surface area contributed by atoms with Gasteiger partial charge in [-0.1, -0.05) is 35.5 Å². The molecule has 0 aliphatic heterocycles. The van der Waals surface area contributed by atoms with Crippen molar-refractivity contribution in [3.8, 4) is 16.9 Å². The van der Waals surface area contributed by atoms with Crippen LogP contribution in [0.1, 0.15) is 0 Å². The minimum atomic E-state index is 0.653. The van der Waals surface area contributed by atoms with Crippen molar-refractivity contribution in [1.82, 2.24) is 15.0 Å². The molecule has 5 heteroatoms. The van der Waals surface area contributed by atoms with Crippen LogP contribution in [0, 0.1) is 0 Å². The van der Waals surface area contributed by atoms with Crippen molar-refractivity contribution in [3.63, 3.8) is 0 Å². The summed E-state index contributed by atoms with van der Waals surface area (Å²) in [5.74, 6) is 0. The lowest BCUT2D eigenvalue weighted by Crippen LogP contribution is -2.00. The molecule has 5 nitrogen and oxygen atoms in total. The number of nitrogens with zero attached hydrogens (tertiary/aromatic N) is 3. The van der Waals surface area contributed by atoms with Gasteiger partial charge >= 0.3 is 0 Å². The second-order valence-corrected chi connectivity index (χ2v) is 4.21. The van der Waals surface area contributed by atoms with E-state index in [0.29, 0.717) is 6.41 Å². The summed E-state index contributed by atoms with van der Waals surface area (Å²) >= 11 is 0. The van der Waals surface area contributed by atoms with Crippen LogP contribution in [0.4, 0.5) is 5.69 Å². The molecule has 0 atom stereocenters. The van der Waals surface area contributed by atoms with Gasteiger partial charge in [-0.05, 0) is 24.3 Å². The van der Waals surface area contributed by atoms with Crippen LogP contribution in [-0.4, -0.2) is 21.4 Å². The van der Waals surface area contributed by atoms with E-state index in [9.17, 15) is 4.79 Å². The topological polar surface area (TPSA) is 59.8 Å². The van der Waals surface area contributed by atoms with Gasteiger partial charge in [-0.3, -0.25) is 4.79 Å². The molecule has 20 heavy (non-hydrogen) atoms. The molecule has 0 aliphatic carbocycles. The molecule has 0 spiro atoms. The maximum absolute atomic E-state index is 10.4. The first kappa shape index (κ1) is 12.1. The first-order chi connectivity index (χ1) is 9.88. The smallest absolute Gasteiger partial charge is 0.211 e. The zero-order valence-electron chi connectivity index (χ0n) is 10.6. The van der Waals surface area contributed by atoms with E-state index in [-0.39, 0.29) is 0 Å². The van der Waals surface area contributed by atoms with Crippen molar-refractivity contribution in [3.05, 3.63) is 60.8 Å². The summed E-state index contributed by atoms with van der Waals surface area (Å²) in [5.41, 5.74) is 3.59. The van der Waals surface area contributed by atoms with Crippen molar-refractivity contribution >= 4 is 12.1 Å². The SMILES string of the molecule is O=CNc1ccc(-n2nncc2-c2ccccc2)cc1. The van der Waals surface area contributed by atoms with Crippen LogP contribution in [-0.2, 0) is 4.79 Å². The second kappa shape index (κ2) is 5.36. The molecule has 0 unspecified atom stereocenters. The Labute approximate surface area is 115 Å². The van der Waals surface area contributed by atoms with Crippen molar-refractivity contribution in [2.24, 2.45) is 0 Å². The molecule has 0 aliphatic rings. The van der Waals surface area contributed by atoms with Gasteiger partial charge in [-0.2, -0.15) is 0 Å². The van der Waals surface area contributed by atoms with Crippen LogP contribution in [0.3, 0.4) is 0 Å². The number of rotatable bonds is 4. The van der Waals surface area contributed by atoms with Gasteiger partial charge in [0, 0.05) is 11.3 Å². The molecule has 98 valence electrons. The average molecular weight is 264 g/mol. The fourth-order valence-electron chi connectivity index (χ4n) is 2.00.